The van der Waals surface area contributed by atoms with Gasteiger partial charge in [0.05, 0.1) is 10.7 Å². The highest BCUT2D eigenvalue weighted by molar-refractivity contribution is 6.33. The van der Waals surface area contributed by atoms with Gasteiger partial charge in [-0.15, -0.1) is 0 Å². The number of hydrogen-bond donors (Lipinski definition) is 1. The van der Waals surface area contributed by atoms with Crippen LogP contribution in [0.3, 0.4) is 0 Å². The fourth-order valence-corrected chi connectivity index (χ4v) is 2.21. The van der Waals surface area contributed by atoms with Crippen LogP contribution in [-0.4, -0.2) is 16.6 Å². The average Bonchev–Trinajstić information content (AvgIpc) is 2.59. The van der Waals surface area contributed by atoms with Crippen molar-refractivity contribution in [2.45, 2.75) is 20.8 Å². The minimum atomic E-state index is -0.452. The zero-order valence-corrected chi connectivity index (χ0v) is 14.5. The van der Waals surface area contributed by atoms with E-state index in [1.165, 1.54) is 0 Å². The van der Waals surface area contributed by atoms with Crippen LogP contribution in [0, 0.1) is 6.92 Å². The highest BCUT2D eigenvalue weighted by Gasteiger charge is 2.12. The molecule has 0 atom stereocenters. The Balaban J connectivity index is 2.11. The lowest BCUT2D eigenvalue weighted by Gasteiger charge is -2.10. The molecule has 0 aliphatic carbocycles. The van der Waals surface area contributed by atoms with Crippen molar-refractivity contribution in [1.29, 1.82) is 0 Å². The summed E-state index contributed by atoms with van der Waals surface area (Å²) in [4.78, 5) is 26.1. The van der Waals surface area contributed by atoms with Crippen molar-refractivity contribution in [2.75, 3.05) is 0 Å². The molecule has 1 heterocycles. The number of aliphatic imine (C=N–C) groups is 1. The summed E-state index contributed by atoms with van der Waals surface area (Å²) >= 11 is 6.10. The summed E-state index contributed by atoms with van der Waals surface area (Å²) in [7, 11) is 0. The summed E-state index contributed by atoms with van der Waals surface area (Å²) in [5.74, 6) is 0.127. The van der Waals surface area contributed by atoms with Crippen LogP contribution in [0.4, 0.5) is 0 Å². The number of carbonyl (C=O) groups is 1. The second kappa shape index (κ2) is 8.26. The summed E-state index contributed by atoms with van der Waals surface area (Å²) in [5.41, 5.74) is 4.60. The van der Waals surface area contributed by atoms with Gasteiger partial charge in [0.2, 0.25) is 0 Å². The fraction of sp³-hybridized carbons (Fsp3) is 0.167. The maximum absolute atomic E-state index is 12.2. The quantitative estimate of drug-likeness (QED) is 0.509. The number of halogens is 1. The Hall–Kier alpha value is -2.66. The van der Waals surface area contributed by atoms with Crippen molar-refractivity contribution in [3.05, 3.63) is 70.6 Å². The van der Waals surface area contributed by atoms with Crippen LogP contribution in [0.15, 0.2) is 59.4 Å². The Bertz CT molecular complexity index is 800. The number of para-hydroxylation sites is 1. The minimum Gasteiger partial charge on any atom is -0.379 e. The first-order chi connectivity index (χ1) is 11.5. The summed E-state index contributed by atoms with van der Waals surface area (Å²) < 4.78 is 0. The van der Waals surface area contributed by atoms with E-state index < -0.39 is 5.91 Å². The molecule has 1 N–H and O–H groups in total. The number of aromatic nitrogens is 1. The third-order valence-electron chi connectivity index (χ3n) is 3.24. The van der Waals surface area contributed by atoms with Gasteiger partial charge in [-0.1, -0.05) is 35.9 Å². The first kappa shape index (κ1) is 17.7. The topological polar surface area (TPSA) is 63.6 Å². The molecule has 2 aromatic rings. The van der Waals surface area contributed by atoms with Crippen LogP contribution in [0.1, 0.15) is 25.1 Å². The van der Waals surface area contributed by atoms with Gasteiger partial charge in [-0.05, 0) is 44.5 Å². The Morgan fingerprint density at radius 1 is 1.29 bits per heavy atom. The molecule has 6 heteroatoms. The fourth-order valence-electron chi connectivity index (χ4n) is 1.96. The van der Waals surface area contributed by atoms with Crippen molar-refractivity contribution < 1.29 is 9.63 Å². The molecule has 0 saturated heterocycles. The van der Waals surface area contributed by atoms with Crippen molar-refractivity contribution in [2.24, 2.45) is 4.99 Å². The molecule has 0 saturated carbocycles. The second-order valence-electron chi connectivity index (χ2n) is 5.00. The molecule has 0 spiro atoms. The Kier molecular flexibility index (Phi) is 6.09. The average molecular weight is 344 g/mol. The van der Waals surface area contributed by atoms with Crippen molar-refractivity contribution >= 4 is 23.2 Å². The summed E-state index contributed by atoms with van der Waals surface area (Å²) in [5, 5.41) is 0.478. The number of nitrogens with one attached hydrogen (secondary N) is 1. The molecule has 24 heavy (non-hydrogen) atoms. The van der Waals surface area contributed by atoms with Gasteiger partial charge in [0.15, 0.2) is 5.75 Å². The van der Waals surface area contributed by atoms with Gasteiger partial charge in [0, 0.05) is 6.20 Å². The van der Waals surface area contributed by atoms with Gasteiger partial charge in [-0.2, -0.15) is 5.48 Å². The van der Waals surface area contributed by atoms with Crippen LogP contribution >= 0.6 is 11.6 Å². The molecule has 0 aliphatic rings. The van der Waals surface area contributed by atoms with Gasteiger partial charge >= 0.3 is 5.91 Å². The summed E-state index contributed by atoms with van der Waals surface area (Å²) in [6, 6.07) is 10.8. The molecule has 0 fully saturated rings. The van der Waals surface area contributed by atoms with Crippen LogP contribution in [0.25, 0.3) is 0 Å². The molecular weight excluding hydrogens is 326 g/mol. The van der Waals surface area contributed by atoms with E-state index in [1.807, 2.05) is 25.1 Å². The zero-order valence-electron chi connectivity index (χ0n) is 13.7. The highest BCUT2D eigenvalue weighted by Crippen LogP contribution is 2.16. The number of benzene rings is 1. The predicted octanol–water partition coefficient (Wildman–Crippen LogP) is 3.87. The second-order valence-corrected chi connectivity index (χ2v) is 5.41. The highest BCUT2D eigenvalue weighted by atomic mass is 35.5. The van der Waals surface area contributed by atoms with Gasteiger partial charge in [0.25, 0.3) is 0 Å². The molecular formula is C18H18ClN3O2. The number of hydrogen-bond acceptors (Lipinski definition) is 4. The molecule has 0 radical (unpaired) electrons. The first-order valence-electron chi connectivity index (χ1n) is 7.38. The number of carbonyl (C=O) groups excluding carboxylic acids is 1. The molecule has 2 rings (SSSR count). The Morgan fingerprint density at radius 2 is 2.04 bits per heavy atom. The van der Waals surface area contributed by atoms with E-state index >= 15 is 0 Å². The third-order valence-corrected chi connectivity index (χ3v) is 3.55. The van der Waals surface area contributed by atoms with E-state index in [1.54, 1.807) is 44.3 Å². The van der Waals surface area contributed by atoms with Gasteiger partial charge in [0.1, 0.15) is 11.4 Å². The number of rotatable bonds is 5. The van der Waals surface area contributed by atoms with Crippen LogP contribution in [-0.2, 0) is 4.79 Å². The Labute approximate surface area is 146 Å². The number of allylic oxidation sites excluding steroid dienone is 1. The van der Waals surface area contributed by atoms with E-state index in [0.717, 1.165) is 5.56 Å². The van der Waals surface area contributed by atoms with E-state index in [0.29, 0.717) is 22.2 Å². The van der Waals surface area contributed by atoms with E-state index in [2.05, 4.69) is 15.5 Å². The van der Waals surface area contributed by atoms with Gasteiger partial charge in [-0.25, -0.2) is 4.99 Å². The lowest BCUT2D eigenvalue weighted by atomic mass is 10.2. The summed E-state index contributed by atoms with van der Waals surface area (Å²) in [6.07, 6.45) is 3.22. The number of amides is 1. The maximum atomic E-state index is 12.2. The number of hydroxylamine groups is 1. The van der Waals surface area contributed by atoms with Crippen LogP contribution < -0.4 is 10.3 Å². The number of pyridine rings is 1. The smallest absolute Gasteiger partial charge is 0.302 e. The first-order valence-corrected chi connectivity index (χ1v) is 7.76. The summed E-state index contributed by atoms with van der Waals surface area (Å²) in [6.45, 7) is 5.36. The van der Waals surface area contributed by atoms with Gasteiger partial charge in [-0.3, -0.25) is 9.78 Å². The van der Waals surface area contributed by atoms with Crippen molar-refractivity contribution in [3.63, 3.8) is 0 Å². The maximum Gasteiger partial charge on any atom is 0.302 e. The molecule has 5 nitrogen and oxygen atoms in total. The van der Waals surface area contributed by atoms with Crippen LogP contribution in [0.5, 0.6) is 5.75 Å². The van der Waals surface area contributed by atoms with E-state index in [9.17, 15) is 4.79 Å². The predicted molar refractivity (Wildman–Crippen MR) is 95.2 cm³/mol. The van der Waals surface area contributed by atoms with Crippen molar-refractivity contribution in [1.82, 2.24) is 10.5 Å². The third kappa shape index (κ3) is 4.43. The lowest BCUT2D eigenvalue weighted by molar-refractivity contribution is -0.123. The standard InChI is InChI=1S/C18H18ClN3O2/c1-4-15(21-13(3)17-14(19)9-7-11-20-17)18(23)22-24-16-10-6-5-8-12(16)2/h4-11H,1-3H3,(H,22,23)/b15-4-,21-13?. The zero-order chi connectivity index (χ0) is 17.5. The molecule has 1 aromatic heterocycles. The monoisotopic (exact) mass is 343 g/mol. The van der Waals surface area contributed by atoms with E-state index in [-0.39, 0.29) is 5.70 Å². The normalized spacial score (nSPS) is 12.0. The molecule has 0 aliphatic heterocycles. The van der Waals surface area contributed by atoms with Gasteiger partial charge < -0.3 is 4.84 Å². The molecule has 124 valence electrons. The lowest BCUT2D eigenvalue weighted by Crippen LogP contribution is -2.28. The van der Waals surface area contributed by atoms with Crippen LogP contribution in [0.2, 0.25) is 5.02 Å². The molecule has 0 bridgehead atoms. The van der Waals surface area contributed by atoms with E-state index in [4.69, 9.17) is 16.4 Å². The molecule has 1 amide bonds. The molecule has 1 aromatic carbocycles. The molecule has 0 unspecified atom stereocenters. The SMILES string of the molecule is C/C=C(\N=C(C)c1ncccc1Cl)C(=O)NOc1ccccc1C. The van der Waals surface area contributed by atoms with Crippen molar-refractivity contribution in [3.8, 4) is 5.75 Å². The Morgan fingerprint density at radius 3 is 2.71 bits per heavy atom. The minimum absolute atomic E-state index is 0.211. The number of nitrogens with zero attached hydrogens (tertiary/aromatic N) is 2. The number of aryl methyl sites for hydroxylation is 1. The largest absolute Gasteiger partial charge is 0.379 e.